The van der Waals surface area contributed by atoms with Crippen LogP contribution in [0.5, 0.6) is 5.75 Å². The normalized spacial score (nSPS) is 12.1. The number of sulfonamides is 1. The molecule has 0 aliphatic rings. The Balaban J connectivity index is 1.97. The summed E-state index contributed by atoms with van der Waals surface area (Å²) in [7, 11) is -1.09. The second kappa shape index (κ2) is 14.1. The number of amides is 2. The fourth-order valence-electron chi connectivity index (χ4n) is 4.04. The zero-order valence-corrected chi connectivity index (χ0v) is 23.9. The first-order valence-corrected chi connectivity index (χ1v) is 14.4. The Morgan fingerprint density at radius 1 is 0.974 bits per heavy atom. The van der Waals surface area contributed by atoms with Gasteiger partial charge in [0.25, 0.3) is 0 Å². The highest BCUT2D eigenvalue weighted by Crippen LogP contribution is 2.21. The van der Waals surface area contributed by atoms with E-state index in [-0.39, 0.29) is 23.8 Å². The fourth-order valence-corrected chi connectivity index (χ4v) is 5.29. The Hall–Kier alpha value is -3.40. The molecule has 0 saturated carbocycles. The highest BCUT2D eigenvalue weighted by atomic mass is 35.5. The van der Waals surface area contributed by atoms with Crippen LogP contribution in [0.3, 0.4) is 0 Å². The number of nitrogens with one attached hydrogen (secondary N) is 1. The van der Waals surface area contributed by atoms with E-state index in [1.165, 1.54) is 36.2 Å². The van der Waals surface area contributed by atoms with Gasteiger partial charge in [0, 0.05) is 31.6 Å². The van der Waals surface area contributed by atoms with Gasteiger partial charge in [0.05, 0.1) is 18.6 Å². The Labute approximate surface area is 235 Å². The van der Waals surface area contributed by atoms with E-state index < -0.39 is 28.5 Å². The number of hydrogen-bond acceptors (Lipinski definition) is 5. The van der Waals surface area contributed by atoms with Crippen LogP contribution in [0, 0.1) is 0 Å². The van der Waals surface area contributed by atoms with E-state index in [0.29, 0.717) is 17.3 Å². The van der Waals surface area contributed by atoms with Gasteiger partial charge in [-0.05, 0) is 53.9 Å². The molecule has 208 valence electrons. The van der Waals surface area contributed by atoms with Crippen molar-refractivity contribution in [2.75, 3.05) is 27.2 Å². The molecule has 3 aromatic rings. The molecule has 3 aromatic carbocycles. The van der Waals surface area contributed by atoms with Crippen LogP contribution in [-0.2, 0) is 32.6 Å². The molecule has 1 unspecified atom stereocenters. The van der Waals surface area contributed by atoms with E-state index in [1.807, 2.05) is 43.3 Å². The van der Waals surface area contributed by atoms with Crippen LogP contribution in [-0.4, -0.2) is 62.7 Å². The van der Waals surface area contributed by atoms with Gasteiger partial charge in [0.2, 0.25) is 21.8 Å². The lowest BCUT2D eigenvalue weighted by Crippen LogP contribution is -2.53. The minimum Gasteiger partial charge on any atom is -0.497 e. The van der Waals surface area contributed by atoms with Crippen molar-refractivity contribution in [1.29, 1.82) is 0 Å². The molecule has 0 heterocycles. The molecule has 1 N–H and O–H groups in total. The largest absolute Gasteiger partial charge is 0.497 e. The fraction of sp³-hybridized carbons (Fsp3) is 0.310. The van der Waals surface area contributed by atoms with Gasteiger partial charge in [-0.3, -0.25) is 9.59 Å². The first-order chi connectivity index (χ1) is 18.6. The van der Waals surface area contributed by atoms with E-state index in [2.05, 4.69) is 5.32 Å². The SMILES string of the molecule is CCCNC(=O)C(Cc1ccccc1)N(Cc1cccc(OC)c1)C(=O)CN(C)S(=O)(=O)c1ccc(Cl)cc1. The summed E-state index contributed by atoms with van der Waals surface area (Å²) >= 11 is 5.92. The third-order valence-corrected chi connectivity index (χ3v) is 8.26. The molecule has 0 aliphatic heterocycles. The van der Waals surface area contributed by atoms with Gasteiger partial charge in [-0.1, -0.05) is 61.0 Å². The summed E-state index contributed by atoms with van der Waals surface area (Å²) in [5, 5.41) is 3.31. The van der Waals surface area contributed by atoms with Crippen molar-refractivity contribution in [3.63, 3.8) is 0 Å². The predicted molar refractivity (Wildman–Crippen MR) is 152 cm³/mol. The van der Waals surface area contributed by atoms with Gasteiger partial charge in [-0.2, -0.15) is 4.31 Å². The van der Waals surface area contributed by atoms with Crippen LogP contribution in [0.15, 0.2) is 83.8 Å². The van der Waals surface area contributed by atoms with Crippen LogP contribution >= 0.6 is 11.6 Å². The van der Waals surface area contributed by atoms with Gasteiger partial charge in [0.15, 0.2) is 0 Å². The van der Waals surface area contributed by atoms with Crippen LogP contribution in [0.2, 0.25) is 5.02 Å². The third-order valence-electron chi connectivity index (χ3n) is 6.19. The molecular formula is C29H34ClN3O5S. The summed E-state index contributed by atoms with van der Waals surface area (Å²) in [4.78, 5) is 28.7. The Morgan fingerprint density at radius 2 is 1.64 bits per heavy atom. The van der Waals surface area contributed by atoms with E-state index in [0.717, 1.165) is 21.9 Å². The number of rotatable bonds is 13. The molecule has 0 radical (unpaired) electrons. The first kappa shape index (κ1) is 30.1. The number of hydrogen-bond donors (Lipinski definition) is 1. The second-order valence-electron chi connectivity index (χ2n) is 9.08. The average molecular weight is 572 g/mol. The molecule has 39 heavy (non-hydrogen) atoms. The van der Waals surface area contributed by atoms with Crippen molar-refractivity contribution in [3.05, 3.63) is 95.0 Å². The molecule has 0 aromatic heterocycles. The maximum atomic E-state index is 13.8. The Bertz CT molecular complexity index is 1350. The monoisotopic (exact) mass is 571 g/mol. The molecule has 0 aliphatic carbocycles. The molecule has 0 bridgehead atoms. The number of halogens is 1. The summed E-state index contributed by atoms with van der Waals surface area (Å²) in [6.45, 7) is 2.03. The maximum Gasteiger partial charge on any atom is 0.243 e. The predicted octanol–water partition coefficient (Wildman–Crippen LogP) is 4.14. The van der Waals surface area contributed by atoms with Crippen molar-refractivity contribution in [1.82, 2.24) is 14.5 Å². The van der Waals surface area contributed by atoms with Crippen molar-refractivity contribution in [3.8, 4) is 5.75 Å². The molecular weight excluding hydrogens is 538 g/mol. The number of carbonyl (C=O) groups excluding carboxylic acids is 2. The summed E-state index contributed by atoms with van der Waals surface area (Å²) < 4.78 is 32.7. The quantitative estimate of drug-likeness (QED) is 0.333. The zero-order chi connectivity index (χ0) is 28.4. The molecule has 3 rings (SSSR count). The van der Waals surface area contributed by atoms with Crippen LogP contribution in [0.4, 0.5) is 0 Å². The van der Waals surface area contributed by atoms with Gasteiger partial charge in [0.1, 0.15) is 11.8 Å². The summed E-state index contributed by atoms with van der Waals surface area (Å²) in [5.41, 5.74) is 1.62. The maximum absolute atomic E-state index is 13.8. The second-order valence-corrected chi connectivity index (χ2v) is 11.6. The van der Waals surface area contributed by atoms with Gasteiger partial charge in [-0.15, -0.1) is 0 Å². The first-order valence-electron chi connectivity index (χ1n) is 12.6. The highest BCUT2D eigenvalue weighted by molar-refractivity contribution is 7.89. The summed E-state index contributed by atoms with van der Waals surface area (Å²) in [6, 6.07) is 21.5. The number of likely N-dealkylation sites (N-methyl/N-ethyl adjacent to an activating group) is 1. The lowest BCUT2D eigenvalue weighted by atomic mass is 10.0. The molecule has 1 atom stereocenters. The summed E-state index contributed by atoms with van der Waals surface area (Å²) in [5.74, 6) is -0.206. The Kier molecular flexibility index (Phi) is 10.9. The highest BCUT2D eigenvalue weighted by Gasteiger charge is 2.33. The lowest BCUT2D eigenvalue weighted by molar-refractivity contribution is -0.141. The number of ether oxygens (including phenoxy) is 1. The molecule has 10 heteroatoms. The van der Waals surface area contributed by atoms with Crippen LogP contribution in [0.25, 0.3) is 0 Å². The minimum atomic E-state index is -3.98. The standard InChI is InChI=1S/C29H34ClN3O5S/c1-4-17-31-29(35)27(19-22-9-6-5-7-10-22)33(20-23-11-8-12-25(18-23)38-3)28(34)21-32(2)39(36,37)26-15-13-24(30)14-16-26/h5-16,18,27H,4,17,19-21H2,1-3H3,(H,31,35). The number of methoxy groups -OCH3 is 1. The third kappa shape index (κ3) is 8.29. The smallest absolute Gasteiger partial charge is 0.243 e. The van der Waals surface area contributed by atoms with E-state index in [4.69, 9.17) is 16.3 Å². The van der Waals surface area contributed by atoms with Crippen molar-refractivity contribution in [2.24, 2.45) is 0 Å². The summed E-state index contributed by atoms with van der Waals surface area (Å²) in [6.07, 6.45) is 0.995. The van der Waals surface area contributed by atoms with Gasteiger partial charge >= 0.3 is 0 Å². The van der Waals surface area contributed by atoms with Crippen molar-refractivity contribution in [2.45, 2.75) is 37.2 Å². The van der Waals surface area contributed by atoms with E-state index in [1.54, 1.807) is 25.3 Å². The number of nitrogens with zero attached hydrogens (tertiary/aromatic N) is 2. The topological polar surface area (TPSA) is 96.0 Å². The number of carbonyl (C=O) groups is 2. The van der Waals surface area contributed by atoms with Crippen LogP contribution in [0.1, 0.15) is 24.5 Å². The molecule has 0 fully saturated rings. The lowest BCUT2D eigenvalue weighted by Gasteiger charge is -2.32. The van der Waals surface area contributed by atoms with Crippen molar-refractivity contribution < 1.29 is 22.7 Å². The zero-order valence-electron chi connectivity index (χ0n) is 22.3. The van der Waals surface area contributed by atoms with Crippen LogP contribution < -0.4 is 10.1 Å². The van der Waals surface area contributed by atoms with E-state index >= 15 is 0 Å². The molecule has 8 nitrogen and oxygen atoms in total. The molecule has 0 spiro atoms. The average Bonchev–Trinajstić information content (AvgIpc) is 2.94. The van der Waals surface area contributed by atoms with Gasteiger partial charge < -0.3 is 15.0 Å². The van der Waals surface area contributed by atoms with Crippen molar-refractivity contribution >= 4 is 33.4 Å². The van der Waals surface area contributed by atoms with Gasteiger partial charge in [-0.25, -0.2) is 8.42 Å². The number of benzene rings is 3. The van der Waals surface area contributed by atoms with E-state index in [9.17, 15) is 18.0 Å². The Morgan fingerprint density at radius 3 is 2.28 bits per heavy atom. The minimum absolute atomic E-state index is 0.0167. The molecule has 0 saturated heterocycles. The molecule has 2 amide bonds.